The van der Waals surface area contributed by atoms with Crippen molar-refractivity contribution in [1.29, 1.82) is 0 Å². The molecule has 0 aromatic heterocycles. The van der Waals surface area contributed by atoms with Crippen LogP contribution in [-0.4, -0.2) is 62.0 Å². The van der Waals surface area contributed by atoms with Gasteiger partial charge in [0.15, 0.2) is 0 Å². The fraction of sp³-hybridized carbons (Fsp3) is 0.143. The zero-order valence-corrected chi connectivity index (χ0v) is 11.1. The van der Waals surface area contributed by atoms with E-state index in [0.717, 1.165) is 12.1 Å². The normalized spacial score (nSPS) is 10.0. The van der Waals surface area contributed by atoms with Crippen LogP contribution in [0.4, 0.5) is 13.2 Å². The number of halogens is 4. The fourth-order valence-corrected chi connectivity index (χ4v) is 0.864. The number of phenolic OH excluding ortho intramolecular Hbond substituents is 1. The maximum absolute atomic E-state index is 12.0. The Morgan fingerprint density at radius 2 is 1.71 bits per heavy atom. The average Bonchev–Trinajstić information content (AvgIpc) is 1.92. The minimum Gasteiger partial charge on any atom is -0.506 e. The number of rotatable bonds is 0. The van der Waals surface area contributed by atoms with E-state index in [4.69, 9.17) is 16.7 Å². The van der Waals surface area contributed by atoms with E-state index in [1.807, 2.05) is 0 Å². The third kappa shape index (κ3) is 4.48. The van der Waals surface area contributed by atoms with E-state index >= 15 is 0 Å². The second-order valence-electron chi connectivity index (χ2n) is 2.16. The molecule has 0 aliphatic rings. The molecule has 0 aliphatic carbocycles. The van der Waals surface area contributed by atoms with Gasteiger partial charge in [-0.05, 0) is 18.2 Å². The van der Waals surface area contributed by atoms with E-state index in [-0.39, 0.29) is 67.6 Å². The van der Waals surface area contributed by atoms with Gasteiger partial charge in [-0.15, -0.1) is 0 Å². The summed E-state index contributed by atoms with van der Waals surface area (Å²) in [4.78, 5) is 0. The molecule has 3 N–H and O–H groups in total. The molecule has 0 spiro atoms. The fourth-order valence-electron chi connectivity index (χ4n) is 0.683. The van der Waals surface area contributed by atoms with Gasteiger partial charge in [0.1, 0.15) is 5.75 Å². The summed E-state index contributed by atoms with van der Waals surface area (Å²) in [5.41, 5.74) is -0.870. The Morgan fingerprint density at radius 1 is 1.21 bits per heavy atom. The summed E-state index contributed by atoms with van der Waals surface area (Å²) in [6.07, 6.45) is -4.42. The smallest absolute Gasteiger partial charge is 0.416 e. The van der Waals surface area contributed by atoms with Crippen LogP contribution in [0, 0.1) is 0 Å². The number of aromatic hydroxyl groups is 1. The molecule has 0 bridgehead atoms. The molecule has 0 unspecified atom stereocenters. The quantitative estimate of drug-likeness (QED) is 0.705. The first-order valence-corrected chi connectivity index (χ1v) is 3.35. The van der Waals surface area contributed by atoms with Crippen LogP contribution in [0.3, 0.4) is 0 Å². The molecule has 2 nitrogen and oxygen atoms in total. The topological polar surface area (TPSA) is 51.7 Å². The van der Waals surface area contributed by atoms with Gasteiger partial charge >= 0.3 is 6.18 Å². The molecule has 0 amide bonds. The van der Waals surface area contributed by atoms with Crippen LogP contribution in [-0.2, 0) is 6.18 Å². The molecule has 1 aromatic carbocycles. The molecule has 14 heavy (non-hydrogen) atoms. The second kappa shape index (κ2) is 6.32. The van der Waals surface area contributed by atoms with Crippen molar-refractivity contribution in [1.82, 2.24) is 0 Å². The summed E-state index contributed by atoms with van der Waals surface area (Å²) in [7, 11) is 0. The van der Waals surface area contributed by atoms with E-state index in [9.17, 15) is 13.2 Å². The molecule has 0 saturated heterocycles. The molecule has 1 aromatic rings. The van der Waals surface area contributed by atoms with E-state index in [0.29, 0.717) is 6.07 Å². The maximum atomic E-state index is 12.0. The SMILES string of the molecule is O.Oc1ccc(C(F)(F)F)cc1Cl.[K]. The standard InChI is InChI=1S/C7H4ClF3O.K.H2O/c8-5-3-4(7(9,10)11)1-2-6(5)12;;/h1-3,12H;;1H2. The third-order valence-corrected chi connectivity index (χ3v) is 1.58. The number of alkyl halides is 3. The van der Waals surface area contributed by atoms with E-state index in [1.54, 1.807) is 0 Å². The van der Waals surface area contributed by atoms with Crippen LogP contribution in [0.5, 0.6) is 5.75 Å². The Morgan fingerprint density at radius 3 is 2.07 bits per heavy atom. The van der Waals surface area contributed by atoms with Gasteiger partial charge < -0.3 is 10.6 Å². The van der Waals surface area contributed by atoms with Crippen LogP contribution in [0.2, 0.25) is 5.02 Å². The largest absolute Gasteiger partial charge is 0.506 e. The minimum absolute atomic E-state index is 0. The summed E-state index contributed by atoms with van der Waals surface area (Å²) < 4.78 is 35.9. The summed E-state index contributed by atoms with van der Waals surface area (Å²) in [6.45, 7) is 0. The van der Waals surface area contributed by atoms with Crippen LogP contribution >= 0.6 is 11.6 Å². The molecular weight excluding hydrogens is 248 g/mol. The summed E-state index contributed by atoms with van der Waals surface area (Å²) in [5, 5.41) is 8.51. The Bertz CT molecular complexity index is 303. The number of benzene rings is 1. The van der Waals surface area contributed by atoms with Crippen molar-refractivity contribution in [2.24, 2.45) is 0 Å². The monoisotopic (exact) mass is 253 g/mol. The second-order valence-corrected chi connectivity index (χ2v) is 2.57. The van der Waals surface area contributed by atoms with E-state index < -0.39 is 11.7 Å². The average molecular weight is 254 g/mol. The van der Waals surface area contributed by atoms with Crippen molar-refractivity contribution in [2.45, 2.75) is 6.18 Å². The molecule has 0 atom stereocenters. The molecule has 0 saturated carbocycles. The Balaban J connectivity index is 0. The third-order valence-electron chi connectivity index (χ3n) is 1.28. The predicted molar refractivity (Wildman–Crippen MR) is 47.5 cm³/mol. The molecule has 1 radical (unpaired) electrons. The summed E-state index contributed by atoms with van der Waals surface area (Å²) in [5.74, 6) is -0.357. The van der Waals surface area contributed by atoms with Crippen molar-refractivity contribution in [2.75, 3.05) is 0 Å². The van der Waals surface area contributed by atoms with Gasteiger partial charge in [-0.2, -0.15) is 13.2 Å². The van der Waals surface area contributed by atoms with Gasteiger partial charge in [0.2, 0.25) is 0 Å². The summed E-state index contributed by atoms with van der Waals surface area (Å²) in [6, 6.07) is 2.35. The van der Waals surface area contributed by atoms with Gasteiger partial charge in [-0.25, -0.2) is 0 Å². The van der Waals surface area contributed by atoms with Gasteiger partial charge in [0, 0.05) is 51.4 Å². The number of hydrogen-bond donors (Lipinski definition) is 1. The summed E-state index contributed by atoms with van der Waals surface area (Å²) >= 11 is 5.27. The number of phenols is 1. The van der Waals surface area contributed by atoms with E-state index in [2.05, 4.69) is 0 Å². The first-order chi connectivity index (χ1) is 5.41. The van der Waals surface area contributed by atoms with Gasteiger partial charge in [-0.1, -0.05) is 11.6 Å². The van der Waals surface area contributed by atoms with Crippen molar-refractivity contribution in [3.63, 3.8) is 0 Å². The Hall–Kier alpha value is 0.696. The van der Waals surface area contributed by atoms with Crippen molar-refractivity contribution >= 4 is 63.0 Å². The van der Waals surface area contributed by atoms with Gasteiger partial charge in [0.25, 0.3) is 0 Å². The molecule has 0 heterocycles. The predicted octanol–water partition coefficient (Wildman–Crippen LogP) is 1.86. The number of hydrogen-bond acceptors (Lipinski definition) is 1. The maximum Gasteiger partial charge on any atom is 0.416 e. The molecule has 0 fully saturated rings. The van der Waals surface area contributed by atoms with Crippen molar-refractivity contribution < 1.29 is 23.8 Å². The van der Waals surface area contributed by atoms with E-state index in [1.165, 1.54) is 0 Å². The van der Waals surface area contributed by atoms with Gasteiger partial charge in [0.05, 0.1) is 10.6 Å². The van der Waals surface area contributed by atoms with Crippen molar-refractivity contribution in [3.05, 3.63) is 28.8 Å². The molecular formula is C7H6ClF3KO2. The first-order valence-electron chi connectivity index (χ1n) is 2.97. The molecule has 0 aliphatic heterocycles. The molecule has 7 heteroatoms. The van der Waals surface area contributed by atoms with Gasteiger partial charge in [-0.3, -0.25) is 0 Å². The Labute approximate surface area is 126 Å². The molecule has 75 valence electrons. The Kier molecular flexibility index (Phi) is 7.72. The van der Waals surface area contributed by atoms with Crippen LogP contribution < -0.4 is 0 Å². The molecule has 1 rings (SSSR count). The zero-order valence-electron chi connectivity index (χ0n) is 7.19. The first kappa shape index (κ1) is 17.1. The van der Waals surface area contributed by atoms with Crippen LogP contribution in [0.1, 0.15) is 5.56 Å². The zero-order chi connectivity index (χ0) is 9.35. The minimum atomic E-state index is -4.42. The van der Waals surface area contributed by atoms with Crippen LogP contribution in [0.25, 0.3) is 0 Å². The van der Waals surface area contributed by atoms with Crippen molar-refractivity contribution in [3.8, 4) is 5.75 Å². The van der Waals surface area contributed by atoms with Crippen LogP contribution in [0.15, 0.2) is 18.2 Å².